The van der Waals surface area contributed by atoms with Gasteiger partial charge in [-0.15, -0.1) is 11.3 Å². The lowest BCUT2D eigenvalue weighted by atomic mass is 9.95. The molecule has 7 nitrogen and oxygen atoms in total. The zero-order chi connectivity index (χ0) is 22.7. The van der Waals surface area contributed by atoms with Crippen LogP contribution in [0, 0.1) is 12.8 Å². The lowest BCUT2D eigenvalue weighted by Crippen LogP contribution is -2.37. The van der Waals surface area contributed by atoms with E-state index < -0.39 is 0 Å². The van der Waals surface area contributed by atoms with Crippen LogP contribution in [0.2, 0.25) is 0 Å². The van der Waals surface area contributed by atoms with E-state index >= 15 is 0 Å². The molecule has 0 saturated carbocycles. The van der Waals surface area contributed by atoms with E-state index in [2.05, 4.69) is 10.4 Å². The van der Waals surface area contributed by atoms with Crippen molar-refractivity contribution in [3.8, 4) is 22.1 Å². The third kappa shape index (κ3) is 5.02. The van der Waals surface area contributed by atoms with Crippen molar-refractivity contribution in [3.63, 3.8) is 0 Å². The molecule has 1 N–H and O–H groups in total. The van der Waals surface area contributed by atoms with Gasteiger partial charge in [0.25, 0.3) is 5.56 Å². The summed E-state index contributed by atoms with van der Waals surface area (Å²) in [7, 11) is 0. The molecule has 1 atom stereocenters. The van der Waals surface area contributed by atoms with Crippen molar-refractivity contribution in [3.05, 3.63) is 63.3 Å². The maximum atomic E-state index is 12.9. The number of fused-ring (bicyclic) bond motifs is 1. The summed E-state index contributed by atoms with van der Waals surface area (Å²) in [6.45, 7) is 7.18. The smallest absolute Gasteiger partial charge is 0.267 e. The molecule has 8 heteroatoms. The summed E-state index contributed by atoms with van der Waals surface area (Å²) in [5.41, 5.74) is 1.30. The van der Waals surface area contributed by atoms with Crippen molar-refractivity contribution in [1.29, 1.82) is 0 Å². The molecule has 0 saturated heterocycles. The number of carbonyl (C=O) groups excluding carboxylic acids is 1. The molecule has 1 aliphatic heterocycles. The van der Waals surface area contributed by atoms with Crippen LogP contribution in [0.5, 0.6) is 11.5 Å². The van der Waals surface area contributed by atoms with Gasteiger partial charge in [0.2, 0.25) is 5.91 Å². The molecule has 3 aromatic rings. The number of hydrogen-bond donors (Lipinski definition) is 1. The molecule has 2 aromatic heterocycles. The molecule has 3 heterocycles. The van der Waals surface area contributed by atoms with E-state index in [0.29, 0.717) is 24.7 Å². The van der Waals surface area contributed by atoms with Crippen LogP contribution >= 0.6 is 11.3 Å². The maximum absolute atomic E-state index is 12.9. The summed E-state index contributed by atoms with van der Waals surface area (Å²) in [4.78, 5) is 27.3. The van der Waals surface area contributed by atoms with E-state index in [1.54, 1.807) is 17.4 Å². The summed E-state index contributed by atoms with van der Waals surface area (Å²) < 4.78 is 12.7. The summed E-state index contributed by atoms with van der Waals surface area (Å²) in [6.07, 6.45) is 0.834. The predicted octanol–water partition coefficient (Wildman–Crippen LogP) is 3.96. The average molecular weight is 454 g/mol. The van der Waals surface area contributed by atoms with Crippen LogP contribution < -0.4 is 20.3 Å². The van der Waals surface area contributed by atoms with Gasteiger partial charge >= 0.3 is 0 Å². The number of hydrogen-bond acceptors (Lipinski definition) is 6. The monoisotopic (exact) mass is 453 g/mol. The standard InChI is InChI=1S/C24H27N3O4S/c1-15(2)24(17-6-8-19-20(13-17)31-12-4-11-30-19)25-22(28)14-27-23(29)10-7-18(26-27)21-9-5-16(3)32-21/h5-10,13,15,24H,4,11-12,14H2,1-3H3,(H,25,28). The van der Waals surface area contributed by atoms with Gasteiger partial charge in [-0.05, 0) is 48.7 Å². The van der Waals surface area contributed by atoms with Crippen LogP contribution in [-0.4, -0.2) is 28.9 Å². The van der Waals surface area contributed by atoms with Crippen LogP contribution in [0.25, 0.3) is 10.6 Å². The van der Waals surface area contributed by atoms with Crippen molar-refractivity contribution in [1.82, 2.24) is 15.1 Å². The van der Waals surface area contributed by atoms with E-state index in [1.165, 1.54) is 10.7 Å². The van der Waals surface area contributed by atoms with Gasteiger partial charge in [-0.25, -0.2) is 4.68 Å². The number of rotatable bonds is 6. The molecule has 0 bridgehead atoms. The Bertz CT molecular complexity index is 1170. The van der Waals surface area contributed by atoms with E-state index in [9.17, 15) is 9.59 Å². The second-order valence-electron chi connectivity index (χ2n) is 8.17. The van der Waals surface area contributed by atoms with Crippen LogP contribution in [0.1, 0.15) is 36.8 Å². The van der Waals surface area contributed by atoms with Gasteiger partial charge in [0, 0.05) is 17.4 Å². The highest BCUT2D eigenvalue weighted by molar-refractivity contribution is 7.15. The topological polar surface area (TPSA) is 82.5 Å². The molecule has 1 amide bonds. The van der Waals surface area contributed by atoms with E-state index in [4.69, 9.17) is 9.47 Å². The van der Waals surface area contributed by atoms with Crippen molar-refractivity contribution in [2.45, 2.75) is 39.8 Å². The van der Waals surface area contributed by atoms with E-state index in [0.717, 1.165) is 27.5 Å². The number of amides is 1. The summed E-state index contributed by atoms with van der Waals surface area (Å²) >= 11 is 1.60. The lowest BCUT2D eigenvalue weighted by Gasteiger charge is -2.24. The highest BCUT2D eigenvalue weighted by Gasteiger charge is 2.22. The number of thiophene rings is 1. The highest BCUT2D eigenvalue weighted by Crippen LogP contribution is 2.34. The fraction of sp³-hybridized carbons (Fsp3) is 0.375. The molecule has 168 valence electrons. The minimum absolute atomic E-state index is 0.133. The minimum Gasteiger partial charge on any atom is -0.490 e. The van der Waals surface area contributed by atoms with Gasteiger partial charge in [0.15, 0.2) is 11.5 Å². The third-order valence-corrected chi connectivity index (χ3v) is 6.29. The van der Waals surface area contributed by atoms with Crippen molar-refractivity contribution in [2.75, 3.05) is 13.2 Å². The molecule has 4 rings (SSSR count). The molecule has 1 aromatic carbocycles. The summed E-state index contributed by atoms with van der Waals surface area (Å²) in [5, 5.41) is 7.47. The molecule has 1 unspecified atom stereocenters. The SMILES string of the molecule is Cc1ccc(-c2ccc(=O)n(CC(=O)NC(c3ccc4c(c3)OCCCO4)C(C)C)n2)s1. The highest BCUT2D eigenvalue weighted by atomic mass is 32.1. The Morgan fingerprint density at radius 1 is 1.12 bits per heavy atom. The number of nitrogens with zero attached hydrogens (tertiary/aromatic N) is 2. The molecule has 0 spiro atoms. The van der Waals surface area contributed by atoms with Crippen molar-refractivity contribution >= 4 is 17.2 Å². The number of nitrogens with one attached hydrogen (secondary N) is 1. The van der Waals surface area contributed by atoms with Gasteiger partial charge in [0.05, 0.1) is 24.1 Å². The molecule has 0 radical (unpaired) electrons. The number of carbonyl (C=O) groups is 1. The largest absolute Gasteiger partial charge is 0.490 e. The first-order chi connectivity index (χ1) is 15.4. The third-order valence-electron chi connectivity index (χ3n) is 5.27. The summed E-state index contributed by atoms with van der Waals surface area (Å²) in [5.74, 6) is 1.27. The van der Waals surface area contributed by atoms with Crippen molar-refractivity contribution < 1.29 is 14.3 Å². The quantitative estimate of drug-likeness (QED) is 0.611. The van der Waals surface area contributed by atoms with Gasteiger partial charge in [-0.1, -0.05) is 19.9 Å². The Labute approximate surface area is 191 Å². The van der Waals surface area contributed by atoms with Crippen LogP contribution in [-0.2, 0) is 11.3 Å². The Morgan fingerprint density at radius 2 is 1.91 bits per heavy atom. The lowest BCUT2D eigenvalue weighted by molar-refractivity contribution is -0.123. The minimum atomic E-state index is -0.311. The Kier molecular flexibility index (Phi) is 6.60. The van der Waals surface area contributed by atoms with E-state index in [-0.39, 0.29) is 30.0 Å². The second-order valence-corrected chi connectivity index (χ2v) is 9.46. The van der Waals surface area contributed by atoms with Crippen LogP contribution in [0.4, 0.5) is 0 Å². The van der Waals surface area contributed by atoms with Gasteiger partial charge in [-0.3, -0.25) is 9.59 Å². The van der Waals surface area contributed by atoms with Gasteiger partial charge in [0.1, 0.15) is 12.2 Å². The van der Waals surface area contributed by atoms with Gasteiger partial charge in [-0.2, -0.15) is 5.10 Å². The van der Waals surface area contributed by atoms with Crippen LogP contribution in [0.15, 0.2) is 47.3 Å². The van der Waals surface area contributed by atoms with Crippen LogP contribution in [0.3, 0.4) is 0 Å². The summed E-state index contributed by atoms with van der Waals surface area (Å²) in [6, 6.07) is 12.6. The normalized spacial score (nSPS) is 14.1. The fourth-order valence-corrected chi connectivity index (χ4v) is 4.46. The molecule has 1 aliphatic rings. The number of benzene rings is 1. The maximum Gasteiger partial charge on any atom is 0.267 e. The number of ether oxygens (including phenoxy) is 2. The Morgan fingerprint density at radius 3 is 2.62 bits per heavy atom. The fourth-order valence-electron chi connectivity index (χ4n) is 3.63. The predicted molar refractivity (Wildman–Crippen MR) is 124 cm³/mol. The molecule has 0 fully saturated rings. The first kappa shape index (κ1) is 22.1. The zero-order valence-corrected chi connectivity index (χ0v) is 19.3. The molecule has 32 heavy (non-hydrogen) atoms. The van der Waals surface area contributed by atoms with E-state index in [1.807, 2.05) is 51.1 Å². The number of aryl methyl sites for hydroxylation is 1. The molecular formula is C24H27N3O4S. The van der Waals surface area contributed by atoms with Crippen molar-refractivity contribution in [2.24, 2.45) is 5.92 Å². The first-order valence-electron chi connectivity index (χ1n) is 10.7. The Hall–Kier alpha value is -3.13. The first-order valence-corrected chi connectivity index (χ1v) is 11.6. The Balaban J connectivity index is 1.52. The second kappa shape index (κ2) is 9.56. The average Bonchev–Trinajstić information content (AvgIpc) is 3.06. The van der Waals surface area contributed by atoms with Gasteiger partial charge < -0.3 is 14.8 Å². The zero-order valence-electron chi connectivity index (χ0n) is 18.5. The molecular weight excluding hydrogens is 426 g/mol. The molecule has 0 aliphatic carbocycles. The number of aromatic nitrogens is 2.